The summed E-state index contributed by atoms with van der Waals surface area (Å²) in [6.07, 6.45) is 0.351. The van der Waals surface area contributed by atoms with Gasteiger partial charge < -0.3 is 20.1 Å². The van der Waals surface area contributed by atoms with E-state index in [0.29, 0.717) is 23.3 Å². The normalized spacial score (nSPS) is 23.2. The highest BCUT2D eigenvalue weighted by Crippen LogP contribution is 2.40. The Morgan fingerprint density at radius 3 is 2.30 bits per heavy atom. The van der Waals surface area contributed by atoms with E-state index >= 15 is 0 Å². The number of carbonyl (C=O) groups excluding carboxylic acids is 1. The molecule has 1 amide bonds. The lowest BCUT2D eigenvalue weighted by Crippen LogP contribution is -2.53. The van der Waals surface area contributed by atoms with Crippen molar-refractivity contribution in [1.29, 1.82) is 0 Å². The fourth-order valence-electron chi connectivity index (χ4n) is 4.50. The molecule has 1 aliphatic rings. The van der Waals surface area contributed by atoms with Gasteiger partial charge in [-0.05, 0) is 35.6 Å². The smallest absolute Gasteiger partial charge is 0.475 e. The van der Waals surface area contributed by atoms with Gasteiger partial charge in [-0.15, -0.1) is 0 Å². The van der Waals surface area contributed by atoms with Crippen molar-refractivity contribution in [1.82, 2.24) is 10.6 Å². The Morgan fingerprint density at radius 1 is 1.15 bits per heavy atom. The molecule has 1 heterocycles. The zero-order valence-electron chi connectivity index (χ0n) is 18.9. The molecule has 0 saturated carbocycles. The Balaban J connectivity index is 2.00. The lowest BCUT2D eigenvalue weighted by atomic mass is 9.74. The van der Waals surface area contributed by atoms with Gasteiger partial charge in [0.05, 0.1) is 19.0 Å². The predicted molar refractivity (Wildman–Crippen MR) is 124 cm³/mol. The van der Waals surface area contributed by atoms with Crippen LogP contribution in [0.25, 0.3) is 0 Å². The van der Waals surface area contributed by atoms with Crippen LogP contribution in [0.1, 0.15) is 43.4 Å². The van der Waals surface area contributed by atoms with Gasteiger partial charge >= 0.3 is 7.12 Å². The van der Waals surface area contributed by atoms with Crippen LogP contribution < -0.4 is 15.4 Å². The van der Waals surface area contributed by atoms with Crippen LogP contribution in [0.2, 0.25) is 0 Å². The fourth-order valence-corrected chi connectivity index (χ4v) is 4.50. The molecule has 1 saturated heterocycles. The number of hydrogen-bond acceptors (Lipinski definition) is 7. The fraction of sp³-hybridized carbons (Fsp3) is 0.435. The van der Waals surface area contributed by atoms with Gasteiger partial charge in [-0.2, -0.15) is 0 Å². The lowest BCUT2D eigenvalue weighted by molar-refractivity contribution is -0.527. The maximum Gasteiger partial charge on any atom is 0.475 e. The largest absolute Gasteiger partial charge is 0.497 e. The summed E-state index contributed by atoms with van der Waals surface area (Å²) in [4.78, 5) is 25.3. The highest BCUT2D eigenvalue weighted by atomic mass is 16.6. The molecule has 0 aliphatic carbocycles. The molecule has 2 aromatic carbocycles. The standard InChI is InChI=1S/C23H30BN3O6/c1-14(2)13-18(24(29)30)25-23(28)21-19(15-9-11-17(33-3)12-10-15)22(27(31)32)20(26-21)16-7-5-4-6-8-16/h4-12,14,18-22,26,29-30H,13H2,1-3H3,(H,25,28)/t18?,19?,20-,21?,22-/m1/s1. The molecule has 1 fully saturated rings. The number of carbonyl (C=O) groups is 1. The molecule has 10 heteroatoms. The number of ether oxygens (including phenoxy) is 1. The first-order valence-electron chi connectivity index (χ1n) is 11.0. The van der Waals surface area contributed by atoms with Crippen LogP contribution in [0.15, 0.2) is 54.6 Å². The molecule has 2 aromatic rings. The van der Waals surface area contributed by atoms with Gasteiger partial charge in [0.1, 0.15) is 17.8 Å². The van der Waals surface area contributed by atoms with Crippen molar-refractivity contribution in [2.24, 2.45) is 5.92 Å². The van der Waals surface area contributed by atoms with E-state index in [1.165, 1.54) is 7.11 Å². The SMILES string of the molecule is COc1ccc(C2C(C(=O)NC(CC(C)C)B(O)O)N[C@H](c3ccccc3)[C@@H]2[N+](=O)[O-])cc1. The van der Waals surface area contributed by atoms with Crippen LogP contribution in [0.4, 0.5) is 0 Å². The van der Waals surface area contributed by atoms with Gasteiger partial charge in [-0.3, -0.25) is 20.2 Å². The number of nitrogens with one attached hydrogen (secondary N) is 2. The number of methoxy groups -OCH3 is 1. The summed E-state index contributed by atoms with van der Waals surface area (Å²) in [7, 11) is -0.212. The summed E-state index contributed by atoms with van der Waals surface area (Å²) >= 11 is 0. The zero-order chi connectivity index (χ0) is 24.1. The molecule has 5 atom stereocenters. The second-order valence-corrected chi connectivity index (χ2v) is 8.77. The second-order valence-electron chi connectivity index (χ2n) is 8.77. The Labute approximate surface area is 193 Å². The molecule has 1 aliphatic heterocycles. The number of benzene rings is 2. The molecule has 9 nitrogen and oxygen atoms in total. The monoisotopic (exact) mass is 455 g/mol. The molecule has 0 radical (unpaired) electrons. The number of nitrogens with zero attached hydrogens (tertiary/aromatic N) is 1. The summed E-state index contributed by atoms with van der Waals surface area (Å²) in [6.45, 7) is 3.81. The first-order valence-corrected chi connectivity index (χ1v) is 11.0. The lowest BCUT2D eigenvalue weighted by Gasteiger charge is -2.24. The third-order valence-electron chi connectivity index (χ3n) is 6.03. The minimum absolute atomic E-state index is 0.106. The molecule has 0 aromatic heterocycles. The van der Waals surface area contributed by atoms with Crippen molar-refractivity contribution in [3.05, 3.63) is 75.8 Å². The highest BCUT2D eigenvalue weighted by Gasteiger charge is 2.54. The van der Waals surface area contributed by atoms with Gasteiger partial charge in [0.2, 0.25) is 11.9 Å². The number of nitro groups is 1. The van der Waals surface area contributed by atoms with Crippen LogP contribution in [0, 0.1) is 16.0 Å². The van der Waals surface area contributed by atoms with E-state index in [9.17, 15) is 25.0 Å². The van der Waals surface area contributed by atoms with E-state index in [-0.39, 0.29) is 10.8 Å². The second kappa shape index (κ2) is 10.8. The summed E-state index contributed by atoms with van der Waals surface area (Å²) in [5.41, 5.74) is 1.32. The molecule has 33 heavy (non-hydrogen) atoms. The zero-order valence-corrected chi connectivity index (χ0v) is 18.9. The third kappa shape index (κ3) is 5.71. The number of hydrogen-bond donors (Lipinski definition) is 4. The maximum atomic E-state index is 13.4. The van der Waals surface area contributed by atoms with E-state index in [2.05, 4.69) is 10.6 Å². The summed E-state index contributed by atoms with van der Waals surface area (Å²) < 4.78 is 5.20. The van der Waals surface area contributed by atoms with E-state index < -0.39 is 43.0 Å². The van der Waals surface area contributed by atoms with Gasteiger partial charge in [-0.1, -0.05) is 56.3 Å². The quantitative estimate of drug-likeness (QED) is 0.257. The first kappa shape index (κ1) is 24.7. The molecule has 3 rings (SSSR count). The van der Waals surface area contributed by atoms with Crippen LogP contribution >= 0.6 is 0 Å². The molecular formula is C23H30BN3O6. The molecule has 3 unspecified atom stereocenters. The van der Waals surface area contributed by atoms with Crippen LogP contribution in [-0.2, 0) is 4.79 Å². The topological polar surface area (TPSA) is 134 Å². The average Bonchev–Trinajstić information content (AvgIpc) is 3.20. The number of rotatable bonds is 9. The van der Waals surface area contributed by atoms with Crippen LogP contribution in [0.5, 0.6) is 5.75 Å². The first-order chi connectivity index (χ1) is 15.7. The Hall–Kier alpha value is -2.95. The number of amides is 1. The van der Waals surface area contributed by atoms with Crippen molar-refractivity contribution in [3.63, 3.8) is 0 Å². The average molecular weight is 455 g/mol. The van der Waals surface area contributed by atoms with E-state index in [0.717, 1.165) is 0 Å². The molecule has 0 bridgehead atoms. The molecule has 0 spiro atoms. The van der Waals surface area contributed by atoms with Crippen molar-refractivity contribution in [3.8, 4) is 5.75 Å². The van der Waals surface area contributed by atoms with Gasteiger partial charge in [0.25, 0.3) is 0 Å². The van der Waals surface area contributed by atoms with E-state index in [1.807, 2.05) is 19.9 Å². The highest BCUT2D eigenvalue weighted by molar-refractivity contribution is 6.43. The van der Waals surface area contributed by atoms with Crippen molar-refractivity contribution in [2.45, 2.75) is 50.3 Å². The minimum atomic E-state index is -1.74. The Kier molecular flexibility index (Phi) is 8.07. The minimum Gasteiger partial charge on any atom is -0.497 e. The predicted octanol–water partition coefficient (Wildman–Crippen LogP) is 1.68. The molecule has 4 N–H and O–H groups in total. The summed E-state index contributed by atoms with van der Waals surface area (Å²) in [5, 5.41) is 37.6. The van der Waals surface area contributed by atoms with E-state index in [4.69, 9.17) is 4.74 Å². The van der Waals surface area contributed by atoms with Gasteiger partial charge in [0, 0.05) is 4.92 Å². The van der Waals surface area contributed by atoms with Crippen molar-refractivity contribution < 1.29 is 24.5 Å². The molecule has 176 valence electrons. The maximum absolute atomic E-state index is 13.4. The molecular weight excluding hydrogens is 425 g/mol. The van der Waals surface area contributed by atoms with Gasteiger partial charge in [-0.25, -0.2) is 0 Å². The van der Waals surface area contributed by atoms with Gasteiger partial charge in [0.15, 0.2) is 0 Å². The van der Waals surface area contributed by atoms with E-state index in [1.54, 1.807) is 48.5 Å². The third-order valence-corrected chi connectivity index (χ3v) is 6.03. The van der Waals surface area contributed by atoms with Crippen molar-refractivity contribution in [2.75, 3.05) is 7.11 Å². The summed E-state index contributed by atoms with van der Waals surface area (Å²) in [6, 6.07) is 13.1. The summed E-state index contributed by atoms with van der Waals surface area (Å²) in [5.74, 6) is -1.48. The van der Waals surface area contributed by atoms with Crippen molar-refractivity contribution >= 4 is 13.0 Å². The Bertz CT molecular complexity index is 941. The Morgan fingerprint density at radius 2 is 1.79 bits per heavy atom. The van der Waals surface area contributed by atoms with Crippen LogP contribution in [-0.4, -0.2) is 53.1 Å². The van der Waals surface area contributed by atoms with Crippen LogP contribution in [0.3, 0.4) is 0 Å².